The number of hydrogen-bond donors (Lipinski definition) is 1. The second kappa shape index (κ2) is 8.98. The average molecular weight is 459 g/mol. The van der Waals surface area contributed by atoms with Crippen LogP contribution < -0.4 is 5.32 Å². The van der Waals surface area contributed by atoms with Crippen molar-refractivity contribution in [3.05, 3.63) is 58.9 Å². The third kappa shape index (κ3) is 4.83. The third-order valence-electron chi connectivity index (χ3n) is 5.53. The molecule has 1 fully saturated rings. The van der Waals surface area contributed by atoms with Crippen molar-refractivity contribution in [1.29, 1.82) is 0 Å². The number of anilines is 1. The molecule has 0 radical (unpaired) electrons. The number of imidazole rings is 1. The number of ether oxygens (including phenoxy) is 1. The molecule has 1 aliphatic rings. The van der Waals surface area contributed by atoms with E-state index in [2.05, 4.69) is 5.32 Å². The van der Waals surface area contributed by atoms with Crippen molar-refractivity contribution in [2.24, 2.45) is 0 Å². The largest absolute Gasteiger partial charge is 0.444 e. The number of halogens is 2. The van der Waals surface area contributed by atoms with Crippen LogP contribution in [0.25, 0.3) is 11.0 Å². The number of benzene rings is 2. The van der Waals surface area contributed by atoms with Crippen molar-refractivity contribution in [2.45, 2.75) is 51.8 Å². The van der Waals surface area contributed by atoms with Crippen LogP contribution in [0.4, 0.5) is 15.1 Å². The Hall–Kier alpha value is -2.80. The van der Waals surface area contributed by atoms with Gasteiger partial charge in [0.1, 0.15) is 11.4 Å². The Kier molecular flexibility index (Phi) is 6.29. The maximum Gasteiger partial charge on any atom is 0.410 e. The Morgan fingerprint density at radius 3 is 2.78 bits per heavy atom. The number of carbonyl (C=O) groups excluding carboxylic acids is 1. The van der Waals surface area contributed by atoms with E-state index >= 15 is 0 Å². The lowest BCUT2D eigenvalue weighted by molar-refractivity contribution is 0.0235. The van der Waals surface area contributed by atoms with Crippen molar-refractivity contribution >= 4 is 34.7 Å². The van der Waals surface area contributed by atoms with Crippen LogP contribution in [-0.2, 0) is 11.3 Å². The van der Waals surface area contributed by atoms with Crippen molar-refractivity contribution < 1.29 is 13.9 Å². The normalized spacial score (nSPS) is 16.5. The summed E-state index contributed by atoms with van der Waals surface area (Å²) in [6.07, 6.45) is 1.51. The minimum atomic E-state index is -0.537. The molecule has 3 aromatic rings. The van der Waals surface area contributed by atoms with E-state index in [0.717, 1.165) is 23.9 Å². The van der Waals surface area contributed by atoms with Crippen LogP contribution in [0.15, 0.2) is 42.5 Å². The summed E-state index contributed by atoms with van der Waals surface area (Å²) >= 11 is 6.29. The smallest absolute Gasteiger partial charge is 0.410 e. The molecule has 0 spiro atoms. The van der Waals surface area contributed by atoms with Crippen LogP contribution in [0.2, 0.25) is 5.02 Å². The molecule has 0 aliphatic carbocycles. The number of amides is 1. The second-order valence-corrected chi connectivity index (χ2v) is 9.47. The topological polar surface area (TPSA) is 59.4 Å². The van der Waals surface area contributed by atoms with Gasteiger partial charge in [-0.05, 0) is 57.9 Å². The first-order valence-corrected chi connectivity index (χ1v) is 11.2. The summed E-state index contributed by atoms with van der Waals surface area (Å²) in [5.74, 6) is 0.259. The summed E-state index contributed by atoms with van der Waals surface area (Å²) in [4.78, 5) is 19.1. The fraction of sp³-hybridized carbons (Fsp3) is 0.417. The van der Waals surface area contributed by atoms with Crippen LogP contribution in [0, 0.1) is 5.82 Å². The number of nitrogens with zero attached hydrogens (tertiary/aromatic N) is 3. The monoisotopic (exact) mass is 458 g/mol. The Morgan fingerprint density at radius 2 is 2.03 bits per heavy atom. The van der Waals surface area contributed by atoms with Gasteiger partial charge in [0.15, 0.2) is 0 Å². The number of rotatable bonds is 5. The van der Waals surface area contributed by atoms with Gasteiger partial charge in [0.25, 0.3) is 0 Å². The molecule has 1 aromatic heterocycles. The van der Waals surface area contributed by atoms with Gasteiger partial charge in [0, 0.05) is 23.7 Å². The molecule has 1 N–H and O–H groups in total. The Morgan fingerprint density at radius 1 is 1.25 bits per heavy atom. The fourth-order valence-corrected chi connectivity index (χ4v) is 4.25. The molecule has 1 atom stereocenters. The molecule has 8 heteroatoms. The number of likely N-dealkylation sites (tertiary alicyclic amines) is 1. The molecule has 1 aliphatic heterocycles. The first-order valence-electron chi connectivity index (χ1n) is 10.8. The molecular formula is C24H28ClFN4O2. The number of para-hydroxylation sites is 2. The maximum atomic E-state index is 14.5. The summed E-state index contributed by atoms with van der Waals surface area (Å²) in [6, 6.07) is 12.4. The molecule has 170 valence electrons. The highest BCUT2D eigenvalue weighted by atomic mass is 35.5. The summed E-state index contributed by atoms with van der Waals surface area (Å²) < 4.78 is 22.0. The van der Waals surface area contributed by atoms with Crippen molar-refractivity contribution in [3.8, 4) is 0 Å². The van der Waals surface area contributed by atoms with Crippen LogP contribution >= 0.6 is 11.6 Å². The zero-order valence-corrected chi connectivity index (χ0v) is 19.3. The summed E-state index contributed by atoms with van der Waals surface area (Å²) in [7, 11) is 0. The fourth-order valence-electron chi connectivity index (χ4n) is 4.03. The number of nitrogens with one attached hydrogen (secondary N) is 1. The molecule has 1 amide bonds. The lowest BCUT2D eigenvalue weighted by atomic mass is 10.2. The first kappa shape index (κ1) is 22.4. The molecule has 2 heterocycles. The van der Waals surface area contributed by atoms with Gasteiger partial charge in [-0.3, -0.25) is 0 Å². The highest BCUT2D eigenvalue weighted by Crippen LogP contribution is 2.27. The van der Waals surface area contributed by atoms with Crippen LogP contribution in [0.5, 0.6) is 0 Å². The lowest BCUT2D eigenvalue weighted by Crippen LogP contribution is -2.42. The molecule has 0 unspecified atom stereocenters. The van der Waals surface area contributed by atoms with Crippen LogP contribution in [0.3, 0.4) is 0 Å². The molecule has 32 heavy (non-hydrogen) atoms. The zero-order chi connectivity index (χ0) is 22.9. The van der Waals surface area contributed by atoms with E-state index in [9.17, 15) is 9.18 Å². The molecule has 0 bridgehead atoms. The predicted molar refractivity (Wildman–Crippen MR) is 125 cm³/mol. The summed E-state index contributed by atoms with van der Waals surface area (Å²) in [6.45, 7) is 7.03. The Balaban J connectivity index is 1.57. The average Bonchev–Trinajstić information content (AvgIpc) is 3.32. The number of hydrogen-bond acceptors (Lipinski definition) is 4. The van der Waals surface area contributed by atoms with E-state index in [4.69, 9.17) is 21.3 Å². The highest BCUT2D eigenvalue weighted by molar-refractivity contribution is 6.31. The number of carbonyl (C=O) groups is 1. The molecule has 1 saturated heterocycles. The van der Waals surface area contributed by atoms with Gasteiger partial charge in [-0.2, -0.15) is 0 Å². The van der Waals surface area contributed by atoms with Gasteiger partial charge < -0.3 is 19.5 Å². The van der Waals surface area contributed by atoms with E-state index in [1.807, 2.05) is 49.6 Å². The minimum absolute atomic E-state index is 0.00448. The zero-order valence-electron chi connectivity index (χ0n) is 18.6. The predicted octanol–water partition coefficient (Wildman–Crippen LogP) is 5.69. The maximum absolute atomic E-state index is 14.5. The molecular weight excluding hydrogens is 431 g/mol. The van der Waals surface area contributed by atoms with E-state index in [1.54, 1.807) is 17.0 Å². The third-order valence-corrected chi connectivity index (χ3v) is 5.89. The standard InChI is InChI=1S/C24H28ClFN4O2/c1-24(2,3)32-23(31)29-13-7-8-16(29)14-27-22-28-20-11-4-5-12-21(20)30(22)15-17-18(25)9-6-10-19(17)26/h4-6,9-12,16H,7-8,13-15H2,1-3H3,(H,27,28)/t16-/m1/s1. The molecule has 2 aromatic carbocycles. The van der Waals surface area contributed by atoms with Crippen molar-refractivity contribution in [3.63, 3.8) is 0 Å². The van der Waals surface area contributed by atoms with E-state index in [1.165, 1.54) is 6.07 Å². The van der Waals surface area contributed by atoms with Gasteiger partial charge in [0.05, 0.1) is 23.6 Å². The van der Waals surface area contributed by atoms with Crippen molar-refractivity contribution in [1.82, 2.24) is 14.5 Å². The van der Waals surface area contributed by atoms with E-state index in [-0.39, 0.29) is 24.5 Å². The van der Waals surface area contributed by atoms with E-state index < -0.39 is 5.60 Å². The second-order valence-electron chi connectivity index (χ2n) is 9.06. The quantitative estimate of drug-likeness (QED) is 0.533. The summed E-state index contributed by atoms with van der Waals surface area (Å²) in [5, 5.41) is 3.76. The molecule has 0 saturated carbocycles. The van der Waals surface area contributed by atoms with Gasteiger partial charge in [-0.15, -0.1) is 0 Å². The number of aromatic nitrogens is 2. The Bertz CT molecular complexity index is 1100. The lowest BCUT2D eigenvalue weighted by Gasteiger charge is -2.28. The van der Waals surface area contributed by atoms with Gasteiger partial charge >= 0.3 is 6.09 Å². The first-order chi connectivity index (χ1) is 15.2. The number of fused-ring (bicyclic) bond motifs is 1. The van der Waals surface area contributed by atoms with Crippen LogP contribution in [0.1, 0.15) is 39.2 Å². The minimum Gasteiger partial charge on any atom is -0.444 e. The van der Waals surface area contributed by atoms with Gasteiger partial charge in [-0.25, -0.2) is 14.2 Å². The Labute approximate surface area is 192 Å². The van der Waals surface area contributed by atoms with Crippen LogP contribution in [-0.4, -0.2) is 45.3 Å². The van der Waals surface area contributed by atoms with Gasteiger partial charge in [0.2, 0.25) is 5.95 Å². The SMILES string of the molecule is CC(C)(C)OC(=O)N1CCC[C@@H]1CNc1nc2ccccc2n1Cc1c(F)cccc1Cl. The van der Waals surface area contributed by atoms with Gasteiger partial charge in [-0.1, -0.05) is 29.8 Å². The molecule has 6 nitrogen and oxygen atoms in total. The van der Waals surface area contributed by atoms with E-state index in [0.29, 0.717) is 29.6 Å². The summed E-state index contributed by atoms with van der Waals surface area (Å²) in [5.41, 5.74) is 1.56. The van der Waals surface area contributed by atoms with Crippen molar-refractivity contribution in [2.75, 3.05) is 18.4 Å². The highest BCUT2D eigenvalue weighted by Gasteiger charge is 2.32. The molecule has 4 rings (SSSR count).